The zero-order valence-electron chi connectivity index (χ0n) is 9.48. The molecule has 1 N–H and O–H groups in total. The van der Waals surface area contributed by atoms with Crippen LogP contribution in [0.15, 0.2) is 0 Å². The first-order valence-electron chi connectivity index (χ1n) is 5.64. The van der Waals surface area contributed by atoms with Crippen LogP contribution in [0.4, 0.5) is 0 Å². The van der Waals surface area contributed by atoms with Gasteiger partial charge in [-0.2, -0.15) is 0 Å². The lowest BCUT2D eigenvalue weighted by atomic mass is 10.0. The lowest BCUT2D eigenvalue weighted by Crippen LogP contribution is -2.45. The lowest BCUT2D eigenvalue weighted by Gasteiger charge is -2.28. The second-order valence-corrected chi connectivity index (χ2v) is 4.97. The first kappa shape index (κ1) is 12.3. The zero-order chi connectivity index (χ0) is 10.4. The maximum atomic E-state index is 6.03. The van der Waals surface area contributed by atoms with Gasteiger partial charge in [0.2, 0.25) is 0 Å². The third-order valence-corrected chi connectivity index (χ3v) is 3.61. The van der Waals surface area contributed by atoms with Crippen LogP contribution in [0.2, 0.25) is 0 Å². The smallest absolute Gasteiger partial charge is 0.0406 e. The standard InChI is InChI=1S/C11H23ClN2/c1-14(2)9-5-8-13-11(10-12)6-3-4-7-11/h13H,3-10H2,1-2H3. The van der Waals surface area contributed by atoms with Gasteiger partial charge in [-0.1, -0.05) is 12.8 Å². The predicted octanol–water partition coefficient (Wildman–Crippen LogP) is 2.08. The number of nitrogens with zero attached hydrogens (tertiary/aromatic N) is 1. The van der Waals surface area contributed by atoms with Gasteiger partial charge in [-0.05, 0) is 46.4 Å². The molecule has 0 saturated heterocycles. The van der Waals surface area contributed by atoms with Crippen LogP contribution < -0.4 is 5.32 Å². The number of nitrogens with one attached hydrogen (secondary N) is 1. The van der Waals surface area contributed by atoms with Crippen LogP contribution in [0.25, 0.3) is 0 Å². The molecule has 1 rings (SSSR count). The van der Waals surface area contributed by atoms with Crippen LogP contribution in [0.3, 0.4) is 0 Å². The highest BCUT2D eigenvalue weighted by Gasteiger charge is 2.31. The Morgan fingerprint density at radius 2 is 1.93 bits per heavy atom. The summed E-state index contributed by atoms with van der Waals surface area (Å²) in [6.45, 7) is 2.26. The van der Waals surface area contributed by atoms with E-state index in [1.54, 1.807) is 0 Å². The summed E-state index contributed by atoms with van der Waals surface area (Å²) < 4.78 is 0. The Balaban J connectivity index is 2.15. The van der Waals surface area contributed by atoms with Crippen molar-refractivity contribution < 1.29 is 0 Å². The van der Waals surface area contributed by atoms with E-state index in [0.29, 0.717) is 0 Å². The molecule has 1 aliphatic rings. The van der Waals surface area contributed by atoms with Crippen LogP contribution in [0, 0.1) is 0 Å². The summed E-state index contributed by atoms with van der Waals surface area (Å²) in [7, 11) is 4.24. The van der Waals surface area contributed by atoms with Crippen LogP contribution in [0.1, 0.15) is 32.1 Å². The molecule has 0 spiro atoms. The van der Waals surface area contributed by atoms with Crippen molar-refractivity contribution in [1.29, 1.82) is 0 Å². The Bertz CT molecular complexity index is 153. The van der Waals surface area contributed by atoms with E-state index in [0.717, 1.165) is 19.0 Å². The molecule has 0 unspecified atom stereocenters. The fourth-order valence-corrected chi connectivity index (χ4v) is 2.52. The average molecular weight is 219 g/mol. The Labute approximate surface area is 93.0 Å². The molecule has 1 saturated carbocycles. The summed E-state index contributed by atoms with van der Waals surface area (Å²) in [5.41, 5.74) is 0.272. The van der Waals surface area contributed by atoms with Gasteiger partial charge in [0.15, 0.2) is 0 Å². The highest BCUT2D eigenvalue weighted by atomic mass is 35.5. The monoisotopic (exact) mass is 218 g/mol. The summed E-state index contributed by atoms with van der Waals surface area (Å²) in [5.74, 6) is 0.773. The van der Waals surface area contributed by atoms with E-state index >= 15 is 0 Å². The molecule has 0 bridgehead atoms. The van der Waals surface area contributed by atoms with Gasteiger partial charge < -0.3 is 10.2 Å². The van der Waals surface area contributed by atoms with E-state index in [4.69, 9.17) is 11.6 Å². The second kappa shape index (κ2) is 5.94. The maximum Gasteiger partial charge on any atom is 0.0406 e. The van der Waals surface area contributed by atoms with E-state index < -0.39 is 0 Å². The number of rotatable bonds is 6. The number of alkyl halides is 1. The first-order chi connectivity index (χ1) is 6.68. The van der Waals surface area contributed by atoms with Crippen LogP contribution >= 0.6 is 11.6 Å². The van der Waals surface area contributed by atoms with Crippen molar-refractivity contribution in [2.24, 2.45) is 0 Å². The van der Waals surface area contributed by atoms with Crippen molar-refractivity contribution in [1.82, 2.24) is 10.2 Å². The van der Waals surface area contributed by atoms with Crippen LogP contribution in [-0.2, 0) is 0 Å². The maximum absolute atomic E-state index is 6.03. The molecule has 0 heterocycles. The number of hydrogen-bond acceptors (Lipinski definition) is 2. The molecule has 14 heavy (non-hydrogen) atoms. The van der Waals surface area contributed by atoms with E-state index in [9.17, 15) is 0 Å². The van der Waals surface area contributed by atoms with Gasteiger partial charge in [0, 0.05) is 11.4 Å². The molecule has 0 radical (unpaired) electrons. The zero-order valence-corrected chi connectivity index (χ0v) is 10.2. The van der Waals surface area contributed by atoms with Crippen molar-refractivity contribution in [3.8, 4) is 0 Å². The molecule has 0 amide bonds. The molecule has 1 fully saturated rings. The highest BCUT2D eigenvalue weighted by molar-refractivity contribution is 6.18. The minimum atomic E-state index is 0.272. The second-order valence-electron chi connectivity index (χ2n) is 4.70. The summed E-state index contributed by atoms with van der Waals surface area (Å²) in [6.07, 6.45) is 6.42. The van der Waals surface area contributed by atoms with Crippen molar-refractivity contribution in [3.05, 3.63) is 0 Å². The Morgan fingerprint density at radius 3 is 2.43 bits per heavy atom. The molecule has 3 heteroatoms. The van der Waals surface area contributed by atoms with Gasteiger partial charge in [0.05, 0.1) is 0 Å². The molecule has 2 nitrogen and oxygen atoms in total. The summed E-state index contributed by atoms with van der Waals surface area (Å²) >= 11 is 6.03. The number of hydrogen-bond donors (Lipinski definition) is 1. The van der Waals surface area contributed by atoms with E-state index in [1.807, 2.05) is 0 Å². The molecule has 84 valence electrons. The molecule has 0 atom stereocenters. The van der Waals surface area contributed by atoms with Gasteiger partial charge >= 0.3 is 0 Å². The molecule has 0 aliphatic heterocycles. The molecular formula is C11H23ClN2. The lowest BCUT2D eigenvalue weighted by molar-refractivity contribution is 0.341. The predicted molar refractivity (Wildman–Crippen MR) is 63.1 cm³/mol. The van der Waals surface area contributed by atoms with Gasteiger partial charge in [-0.15, -0.1) is 11.6 Å². The Morgan fingerprint density at radius 1 is 1.29 bits per heavy atom. The minimum absolute atomic E-state index is 0.272. The van der Waals surface area contributed by atoms with E-state index in [-0.39, 0.29) is 5.54 Å². The molecule has 0 aromatic rings. The molecule has 0 aromatic heterocycles. The van der Waals surface area contributed by atoms with E-state index in [1.165, 1.54) is 32.1 Å². The molecular weight excluding hydrogens is 196 g/mol. The average Bonchev–Trinajstić information content (AvgIpc) is 2.62. The first-order valence-corrected chi connectivity index (χ1v) is 6.18. The fourth-order valence-electron chi connectivity index (χ4n) is 2.16. The van der Waals surface area contributed by atoms with Gasteiger partial charge in [-0.3, -0.25) is 0 Å². The van der Waals surface area contributed by atoms with Gasteiger partial charge in [-0.25, -0.2) is 0 Å². The summed E-state index contributed by atoms with van der Waals surface area (Å²) in [5, 5.41) is 3.64. The van der Waals surface area contributed by atoms with Crippen molar-refractivity contribution >= 4 is 11.6 Å². The SMILES string of the molecule is CN(C)CCCNC1(CCl)CCCC1. The van der Waals surface area contributed by atoms with Gasteiger partial charge in [0.25, 0.3) is 0 Å². The highest BCUT2D eigenvalue weighted by Crippen LogP contribution is 2.30. The third kappa shape index (κ3) is 3.76. The van der Waals surface area contributed by atoms with Gasteiger partial charge in [0.1, 0.15) is 0 Å². The normalized spacial score (nSPS) is 20.6. The fraction of sp³-hybridized carbons (Fsp3) is 1.00. The summed E-state index contributed by atoms with van der Waals surface area (Å²) in [6, 6.07) is 0. The summed E-state index contributed by atoms with van der Waals surface area (Å²) in [4.78, 5) is 2.23. The molecule has 0 aromatic carbocycles. The Kier molecular flexibility index (Phi) is 5.21. The molecule has 1 aliphatic carbocycles. The van der Waals surface area contributed by atoms with Crippen molar-refractivity contribution in [2.75, 3.05) is 33.1 Å². The van der Waals surface area contributed by atoms with Crippen molar-refractivity contribution in [3.63, 3.8) is 0 Å². The number of halogens is 1. The Hall–Kier alpha value is 0.210. The third-order valence-electron chi connectivity index (χ3n) is 3.10. The van der Waals surface area contributed by atoms with Crippen molar-refractivity contribution in [2.45, 2.75) is 37.6 Å². The van der Waals surface area contributed by atoms with Crippen LogP contribution in [-0.4, -0.2) is 43.5 Å². The quantitative estimate of drug-likeness (QED) is 0.543. The largest absolute Gasteiger partial charge is 0.310 e. The van der Waals surface area contributed by atoms with Crippen LogP contribution in [0.5, 0.6) is 0 Å². The topological polar surface area (TPSA) is 15.3 Å². The minimum Gasteiger partial charge on any atom is -0.310 e. The van der Waals surface area contributed by atoms with E-state index in [2.05, 4.69) is 24.3 Å².